The number of amides is 1. The SMILES string of the molecule is CCC(OC(=O)c1cncc2[nH]ncc12)c1ccnc(N2CCN(C(C)=O)CC2)c1. The number of rotatable bonds is 5. The normalized spacial score (nSPS) is 15.3. The first-order valence-corrected chi connectivity index (χ1v) is 10.0. The summed E-state index contributed by atoms with van der Waals surface area (Å²) >= 11 is 0. The van der Waals surface area contributed by atoms with E-state index in [1.807, 2.05) is 24.0 Å². The molecule has 4 heterocycles. The van der Waals surface area contributed by atoms with Gasteiger partial charge in [-0.15, -0.1) is 0 Å². The van der Waals surface area contributed by atoms with Crippen LogP contribution in [0, 0.1) is 0 Å². The summed E-state index contributed by atoms with van der Waals surface area (Å²) in [6.45, 7) is 6.36. The van der Waals surface area contributed by atoms with Gasteiger partial charge in [-0.3, -0.25) is 14.9 Å². The highest BCUT2D eigenvalue weighted by Gasteiger charge is 2.23. The standard InChI is InChI=1S/C21H24N6O3/c1-3-19(30-21(29)17-11-22-13-18-16(17)12-24-25-18)15-4-5-23-20(10-15)27-8-6-26(7-9-27)14(2)28/h4-5,10-13,19H,3,6-9H2,1-2H3,(H,24,25). The highest BCUT2D eigenvalue weighted by molar-refractivity contribution is 6.02. The number of aromatic amines is 1. The maximum Gasteiger partial charge on any atom is 0.341 e. The van der Waals surface area contributed by atoms with Gasteiger partial charge in [-0.1, -0.05) is 6.92 Å². The van der Waals surface area contributed by atoms with Crippen molar-refractivity contribution in [3.8, 4) is 0 Å². The van der Waals surface area contributed by atoms with E-state index in [2.05, 4.69) is 25.1 Å². The van der Waals surface area contributed by atoms with E-state index in [1.54, 1.807) is 25.5 Å². The molecule has 1 aliphatic rings. The van der Waals surface area contributed by atoms with E-state index in [0.29, 0.717) is 36.0 Å². The largest absolute Gasteiger partial charge is 0.454 e. The lowest BCUT2D eigenvalue weighted by atomic mass is 10.1. The van der Waals surface area contributed by atoms with E-state index in [0.717, 1.165) is 24.5 Å². The summed E-state index contributed by atoms with van der Waals surface area (Å²) in [5.41, 5.74) is 1.96. The molecule has 156 valence electrons. The van der Waals surface area contributed by atoms with Gasteiger partial charge in [0.15, 0.2) is 0 Å². The van der Waals surface area contributed by atoms with Crippen molar-refractivity contribution in [2.24, 2.45) is 0 Å². The molecular formula is C21H24N6O3. The van der Waals surface area contributed by atoms with E-state index < -0.39 is 12.1 Å². The Morgan fingerprint density at radius 2 is 2.00 bits per heavy atom. The second-order valence-electron chi connectivity index (χ2n) is 7.26. The summed E-state index contributed by atoms with van der Waals surface area (Å²) in [5, 5.41) is 7.46. The van der Waals surface area contributed by atoms with Crippen molar-refractivity contribution in [3.63, 3.8) is 0 Å². The lowest BCUT2D eigenvalue weighted by Gasteiger charge is -2.35. The van der Waals surface area contributed by atoms with Gasteiger partial charge in [-0.25, -0.2) is 9.78 Å². The fraction of sp³-hybridized carbons (Fsp3) is 0.381. The van der Waals surface area contributed by atoms with Crippen LogP contribution in [0.2, 0.25) is 0 Å². The molecular weight excluding hydrogens is 384 g/mol. The summed E-state index contributed by atoms with van der Waals surface area (Å²) in [5.74, 6) is 0.482. The molecule has 9 heteroatoms. The first kappa shape index (κ1) is 19.8. The Kier molecular flexibility index (Phi) is 5.60. The van der Waals surface area contributed by atoms with Crippen molar-refractivity contribution in [1.82, 2.24) is 25.1 Å². The summed E-state index contributed by atoms with van der Waals surface area (Å²) in [6, 6.07) is 3.83. The smallest absolute Gasteiger partial charge is 0.341 e. The molecule has 3 aromatic heterocycles. The van der Waals surface area contributed by atoms with E-state index in [4.69, 9.17) is 4.74 Å². The molecule has 1 saturated heterocycles. The number of aromatic nitrogens is 4. The summed E-state index contributed by atoms with van der Waals surface area (Å²) in [7, 11) is 0. The van der Waals surface area contributed by atoms with Gasteiger partial charge in [0.05, 0.1) is 23.5 Å². The van der Waals surface area contributed by atoms with Crippen LogP contribution in [0.4, 0.5) is 5.82 Å². The first-order valence-electron chi connectivity index (χ1n) is 10.0. The number of pyridine rings is 2. The molecule has 1 N–H and O–H groups in total. The molecule has 1 amide bonds. The predicted molar refractivity (Wildman–Crippen MR) is 111 cm³/mol. The van der Waals surface area contributed by atoms with Crippen LogP contribution < -0.4 is 4.90 Å². The Morgan fingerprint density at radius 1 is 1.20 bits per heavy atom. The Bertz CT molecular complexity index is 1060. The Labute approximate surface area is 174 Å². The van der Waals surface area contributed by atoms with Gasteiger partial charge in [-0.2, -0.15) is 5.10 Å². The third-order valence-electron chi connectivity index (χ3n) is 5.40. The number of carbonyl (C=O) groups excluding carboxylic acids is 2. The molecule has 0 saturated carbocycles. The van der Waals surface area contributed by atoms with Crippen molar-refractivity contribution in [3.05, 3.63) is 48.0 Å². The number of esters is 1. The third-order valence-corrected chi connectivity index (χ3v) is 5.40. The average Bonchev–Trinajstić information content (AvgIpc) is 3.26. The molecule has 1 atom stereocenters. The van der Waals surface area contributed by atoms with E-state index >= 15 is 0 Å². The van der Waals surface area contributed by atoms with Gasteiger partial charge in [0.2, 0.25) is 5.91 Å². The number of fused-ring (bicyclic) bond motifs is 1. The summed E-state index contributed by atoms with van der Waals surface area (Å²) in [6.07, 6.45) is 6.68. The van der Waals surface area contributed by atoms with E-state index in [-0.39, 0.29) is 5.91 Å². The Morgan fingerprint density at radius 3 is 2.73 bits per heavy atom. The highest BCUT2D eigenvalue weighted by atomic mass is 16.5. The number of nitrogens with zero attached hydrogens (tertiary/aromatic N) is 5. The topological polar surface area (TPSA) is 104 Å². The molecule has 1 fully saturated rings. The number of ether oxygens (including phenoxy) is 1. The zero-order chi connectivity index (χ0) is 21.1. The molecule has 0 radical (unpaired) electrons. The number of hydrogen-bond donors (Lipinski definition) is 1. The molecule has 0 spiro atoms. The van der Waals surface area contributed by atoms with E-state index in [1.165, 1.54) is 6.20 Å². The van der Waals surface area contributed by atoms with Crippen LogP contribution in [-0.4, -0.2) is 63.1 Å². The van der Waals surface area contributed by atoms with Crippen molar-refractivity contribution in [1.29, 1.82) is 0 Å². The number of hydrogen-bond acceptors (Lipinski definition) is 7. The molecule has 30 heavy (non-hydrogen) atoms. The number of H-pyrrole nitrogens is 1. The zero-order valence-corrected chi connectivity index (χ0v) is 17.0. The maximum absolute atomic E-state index is 12.8. The molecule has 3 aromatic rings. The van der Waals surface area contributed by atoms with Gasteiger partial charge in [0, 0.05) is 50.9 Å². The van der Waals surface area contributed by atoms with Crippen LogP contribution in [0.1, 0.15) is 42.3 Å². The van der Waals surface area contributed by atoms with Crippen LogP contribution in [0.25, 0.3) is 10.9 Å². The predicted octanol–water partition coefficient (Wildman–Crippen LogP) is 2.33. The van der Waals surface area contributed by atoms with Gasteiger partial charge in [-0.05, 0) is 24.1 Å². The Balaban J connectivity index is 1.50. The van der Waals surface area contributed by atoms with Crippen LogP contribution in [0.15, 0.2) is 36.9 Å². The lowest BCUT2D eigenvalue weighted by molar-refractivity contribution is -0.129. The number of nitrogens with one attached hydrogen (secondary N) is 1. The highest BCUT2D eigenvalue weighted by Crippen LogP contribution is 2.27. The third kappa shape index (κ3) is 3.96. The zero-order valence-electron chi connectivity index (χ0n) is 17.0. The maximum atomic E-state index is 12.8. The van der Waals surface area contributed by atoms with Crippen molar-refractivity contribution in [2.45, 2.75) is 26.4 Å². The second-order valence-corrected chi connectivity index (χ2v) is 7.26. The molecule has 0 aromatic carbocycles. The minimum Gasteiger partial charge on any atom is -0.454 e. The van der Waals surface area contributed by atoms with Crippen LogP contribution in [0.5, 0.6) is 0 Å². The van der Waals surface area contributed by atoms with Crippen LogP contribution in [0.3, 0.4) is 0 Å². The minimum absolute atomic E-state index is 0.0939. The van der Waals surface area contributed by atoms with Gasteiger partial charge in [0.1, 0.15) is 11.9 Å². The molecule has 9 nitrogen and oxygen atoms in total. The second kappa shape index (κ2) is 8.48. The van der Waals surface area contributed by atoms with Gasteiger partial charge in [0.25, 0.3) is 0 Å². The fourth-order valence-corrected chi connectivity index (χ4v) is 3.67. The van der Waals surface area contributed by atoms with Crippen molar-refractivity contribution < 1.29 is 14.3 Å². The quantitative estimate of drug-likeness (QED) is 0.646. The van der Waals surface area contributed by atoms with Gasteiger partial charge >= 0.3 is 5.97 Å². The molecule has 1 aliphatic heterocycles. The minimum atomic E-state index is -0.435. The summed E-state index contributed by atoms with van der Waals surface area (Å²) < 4.78 is 5.82. The van der Waals surface area contributed by atoms with Crippen molar-refractivity contribution in [2.75, 3.05) is 31.1 Å². The average molecular weight is 408 g/mol. The summed E-state index contributed by atoms with van der Waals surface area (Å²) in [4.78, 5) is 36.9. The first-order chi connectivity index (χ1) is 14.6. The monoisotopic (exact) mass is 408 g/mol. The lowest BCUT2D eigenvalue weighted by Crippen LogP contribution is -2.48. The van der Waals surface area contributed by atoms with Crippen LogP contribution in [-0.2, 0) is 9.53 Å². The molecule has 0 bridgehead atoms. The number of carbonyl (C=O) groups is 2. The van der Waals surface area contributed by atoms with E-state index in [9.17, 15) is 9.59 Å². The molecule has 0 aliphatic carbocycles. The Hall–Kier alpha value is -3.49. The van der Waals surface area contributed by atoms with Crippen molar-refractivity contribution >= 4 is 28.6 Å². The fourth-order valence-electron chi connectivity index (χ4n) is 3.67. The van der Waals surface area contributed by atoms with Crippen LogP contribution >= 0.6 is 0 Å². The number of anilines is 1. The molecule has 4 rings (SSSR count). The van der Waals surface area contributed by atoms with Gasteiger partial charge < -0.3 is 14.5 Å². The number of piperazine rings is 1. The molecule has 1 unspecified atom stereocenters.